The molecule has 3 nitrogen and oxygen atoms in total. The maximum atomic E-state index is 11.8. The lowest BCUT2D eigenvalue weighted by molar-refractivity contribution is 0.262. The Kier molecular flexibility index (Phi) is 4.30. The molecule has 0 aromatic heterocycles. The Labute approximate surface area is 121 Å². The number of amides is 2. The van der Waals surface area contributed by atoms with Crippen molar-refractivity contribution in [3.63, 3.8) is 0 Å². The van der Waals surface area contributed by atoms with E-state index in [9.17, 15) is 4.79 Å². The largest absolute Gasteiger partial charge is 0.323 e. The lowest BCUT2D eigenvalue weighted by Gasteiger charge is -2.10. The standard InChI is InChI=1S/C14H12Cl2N2O/c1-9-4-2-3-5-13(9)18-14(19)17-12-7-10(15)6-11(16)8-12/h2-8H,1H3,(H2,17,18,19). The summed E-state index contributed by atoms with van der Waals surface area (Å²) in [7, 11) is 0. The van der Waals surface area contributed by atoms with Gasteiger partial charge in [-0.2, -0.15) is 0 Å². The minimum atomic E-state index is -0.340. The van der Waals surface area contributed by atoms with Crippen LogP contribution in [0.3, 0.4) is 0 Å². The molecule has 5 heteroatoms. The average molecular weight is 295 g/mol. The number of nitrogens with one attached hydrogen (secondary N) is 2. The van der Waals surface area contributed by atoms with Gasteiger partial charge in [0.05, 0.1) is 0 Å². The van der Waals surface area contributed by atoms with Crippen LogP contribution in [-0.4, -0.2) is 6.03 Å². The van der Waals surface area contributed by atoms with Crippen molar-refractivity contribution in [1.82, 2.24) is 0 Å². The van der Waals surface area contributed by atoms with E-state index in [1.807, 2.05) is 31.2 Å². The molecule has 0 atom stereocenters. The predicted octanol–water partition coefficient (Wildman–Crippen LogP) is 4.95. The van der Waals surface area contributed by atoms with Crippen LogP contribution < -0.4 is 10.6 Å². The third kappa shape index (κ3) is 3.88. The van der Waals surface area contributed by atoms with Gasteiger partial charge < -0.3 is 10.6 Å². The Morgan fingerprint density at radius 1 is 1.00 bits per heavy atom. The summed E-state index contributed by atoms with van der Waals surface area (Å²) in [6.07, 6.45) is 0. The zero-order valence-corrected chi connectivity index (χ0v) is 11.7. The van der Waals surface area contributed by atoms with Gasteiger partial charge in [-0.05, 0) is 36.8 Å². The topological polar surface area (TPSA) is 41.1 Å². The van der Waals surface area contributed by atoms with E-state index >= 15 is 0 Å². The predicted molar refractivity (Wildman–Crippen MR) is 80.3 cm³/mol. The fraction of sp³-hybridized carbons (Fsp3) is 0.0714. The summed E-state index contributed by atoms with van der Waals surface area (Å²) in [6.45, 7) is 1.92. The molecule has 0 radical (unpaired) electrons. The summed E-state index contributed by atoms with van der Waals surface area (Å²) >= 11 is 11.7. The Morgan fingerprint density at radius 3 is 2.26 bits per heavy atom. The second-order valence-electron chi connectivity index (χ2n) is 4.05. The number of hydrogen-bond donors (Lipinski definition) is 2. The third-order valence-corrected chi connectivity index (χ3v) is 2.95. The van der Waals surface area contributed by atoms with Crippen LogP contribution in [0.1, 0.15) is 5.56 Å². The molecule has 2 N–H and O–H groups in total. The molecular formula is C14H12Cl2N2O. The van der Waals surface area contributed by atoms with Crippen LogP contribution in [0, 0.1) is 6.92 Å². The molecule has 2 amide bonds. The zero-order chi connectivity index (χ0) is 13.8. The van der Waals surface area contributed by atoms with Crippen molar-refractivity contribution in [2.75, 3.05) is 10.6 Å². The SMILES string of the molecule is Cc1ccccc1NC(=O)Nc1cc(Cl)cc(Cl)c1. The molecule has 0 aliphatic carbocycles. The van der Waals surface area contributed by atoms with E-state index in [2.05, 4.69) is 10.6 Å². The molecule has 0 saturated carbocycles. The molecule has 98 valence electrons. The number of aryl methyl sites for hydroxylation is 1. The van der Waals surface area contributed by atoms with Crippen molar-refractivity contribution in [2.45, 2.75) is 6.92 Å². The molecule has 2 aromatic rings. The molecule has 0 fully saturated rings. The Bertz CT molecular complexity index is 594. The van der Waals surface area contributed by atoms with E-state index in [0.29, 0.717) is 15.7 Å². The van der Waals surface area contributed by atoms with Gasteiger partial charge in [-0.3, -0.25) is 0 Å². The maximum Gasteiger partial charge on any atom is 0.323 e. The van der Waals surface area contributed by atoms with E-state index in [4.69, 9.17) is 23.2 Å². The Balaban J connectivity index is 2.07. The number of hydrogen-bond acceptors (Lipinski definition) is 1. The fourth-order valence-corrected chi connectivity index (χ4v) is 2.15. The Hall–Kier alpha value is -1.71. The number of carbonyl (C=O) groups excluding carboxylic acids is 1. The van der Waals surface area contributed by atoms with Crippen LogP contribution in [0.15, 0.2) is 42.5 Å². The minimum absolute atomic E-state index is 0.340. The molecule has 0 saturated heterocycles. The van der Waals surface area contributed by atoms with Crippen molar-refractivity contribution in [2.24, 2.45) is 0 Å². The number of benzene rings is 2. The van der Waals surface area contributed by atoms with Gasteiger partial charge in [-0.25, -0.2) is 4.79 Å². The first kappa shape index (κ1) is 13.7. The summed E-state index contributed by atoms with van der Waals surface area (Å²) in [4.78, 5) is 11.8. The van der Waals surface area contributed by atoms with Crippen LogP contribution in [0.5, 0.6) is 0 Å². The van der Waals surface area contributed by atoms with E-state index in [1.165, 1.54) is 0 Å². The summed E-state index contributed by atoms with van der Waals surface area (Å²) < 4.78 is 0. The molecule has 0 unspecified atom stereocenters. The summed E-state index contributed by atoms with van der Waals surface area (Å²) in [6, 6.07) is 12.1. The van der Waals surface area contributed by atoms with Crippen LogP contribution >= 0.6 is 23.2 Å². The zero-order valence-electron chi connectivity index (χ0n) is 10.2. The minimum Gasteiger partial charge on any atom is -0.308 e. The molecule has 0 spiro atoms. The number of halogens is 2. The second kappa shape index (κ2) is 5.95. The smallest absolute Gasteiger partial charge is 0.308 e. The average Bonchev–Trinajstić information content (AvgIpc) is 2.30. The number of carbonyl (C=O) groups is 1. The first-order valence-electron chi connectivity index (χ1n) is 5.64. The van der Waals surface area contributed by atoms with E-state index in [-0.39, 0.29) is 6.03 Å². The lowest BCUT2D eigenvalue weighted by Crippen LogP contribution is -2.19. The quantitative estimate of drug-likeness (QED) is 0.809. The third-order valence-electron chi connectivity index (χ3n) is 2.51. The molecule has 0 aliphatic heterocycles. The molecular weight excluding hydrogens is 283 g/mol. The first-order valence-corrected chi connectivity index (χ1v) is 6.40. The first-order chi connectivity index (χ1) is 9.04. The van der Waals surface area contributed by atoms with Gasteiger partial charge in [0.2, 0.25) is 0 Å². The van der Waals surface area contributed by atoms with Gasteiger partial charge in [0.15, 0.2) is 0 Å². The normalized spacial score (nSPS) is 10.1. The molecule has 2 aromatic carbocycles. The molecule has 0 aliphatic rings. The van der Waals surface area contributed by atoms with Crippen molar-refractivity contribution in [3.8, 4) is 0 Å². The highest BCUT2D eigenvalue weighted by molar-refractivity contribution is 6.35. The van der Waals surface area contributed by atoms with E-state index in [1.54, 1.807) is 18.2 Å². The molecule has 0 heterocycles. The van der Waals surface area contributed by atoms with Gasteiger partial charge in [-0.1, -0.05) is 41.4 Å². The highest BCUT2D eigenvalue weighted by atomic mass is 35.5. The molecule has 19 heavy (non-hydrogen) atoms. The van der Waals surface area contributed by atoms with Crippen molar-refractivity contribution in [3.05, 3.63) is 58.1 Å². The maximum absolute atomic E-state index is 11.8. The van der Waals surface area contributed by atoms with Crippen molar-refractivity contribution >= 4 is 40.6 Å². The van der Waals surface area contributed by atoms with Gasteiger partial charge in [-0.15, -0.1) is 0 Å². The highest BCUT2D eigenvalue weighted by Crippen LogP contribution is 2.22. The summed E-state index contributed by atoms with van der Waals surface area (Å²) in [5.74, 6) is 0. The van der Waals surface area contributed by atoms with Gasteiger partial charge in [0, 0.05) is 21.4 Å². The van der Waals surface area contributed by atoms with E-state index < -0.39 is 0 Å². The van der Waals surface area contributed by atoms with Crippen LogP contribution in [-0.2, 0) is 0 Å². The van der Waals surface area contributed by atoms with E-state index in [0.717, 1.165) is 11.3 Å². The number of urea groups is 1. The van der Waals surface area contributed by atoms with Crippen LogP contribution in [0.2, 0.25) is 10.0 Å². The van der Waals surface area contributed by atoms with Gasteiger partial charge in [0.1, 0.15) is 0 Å². The van der Waals surface area contributed by atoms with Crippen molar-refractivity contribution < 1.29 is 4.79 Å². The highest BCUT2D eigenvalue weighted by Gasteiger charge is 2.05. The number of anilines is 2. The lowest BCUT2D eigenvalue weighted by atomic mass is 10.2. The van der Waals surface area contributed by atoms with Gasteiger partial charge in [0.25, 0.3) is 0 Å². The number of rotatable bonds is 2. The molecule has 0 bridgehead atoms. The monoisotopic (exact) mass is 294 g/mol. The van der Waals surface area contributed by atoms with Crippen molar-refractivity contribution in [1.29, 1.82) is 0 Å². The molecule has 2 rings (SSSR count). The summed E-state index contributed by atoms with van der Waals surface area (Å²) in [5, 5.41) is 6.38. The Morgan fingerprint density at radius 2 is 1.63 bits per heavy atom. The van der Waals surface area contributed by atoms with Crippen LogP contribution in [0.25, 0.3) is 0 Å². The summed E-state index contributed by atoms with van der Waals surface area (Å²) in [5.41, 5.74) is 2.29. The second-order valence-corrected chi connectivity index (χ2v) is 4.93. The fourth-order valence-electron chi connectivity index (χ4n) is 1.62. The van der Waals surface area contributed by atoms with Gasteiger partial charge >= 0.3 is 6.03 Å². The van der Waals surface area contributed by atoms with Crippen LogP contribution in [0.4, 0.5) is 16.2 Å². The number of para-hydroxylation sites is 1.